The Morgan fingerprint density at radius 1 is 0.338 bits per heavy atom. The Bertz CT molecular complexity index is 4110. The lowest BCUT2D eigenvalue weighted by molar-refractivity contribution is 0.590. The second-order valence-corrected chi connectivity index (χ2v) is 20.8. The van der Waals surface area contributed by atoms with Crippen molar-refractivity contribution in [2.45, 2.75) is 52.4 Å². The van der Waals surface area contributed by atoms with Gasteiger partial charge in [-0.15, -0.1) is 0 Å². The Morgan fingerprint density at radius 3 is 1.42 bits per heavy atom. The van der Waals surface area contributed by atoms with Crippen molar-refractivity contribution in [3.8, 4) is 62.1 Å². The van der Waals surface area contributed by atoms with Crippen LogP contribution in [0, 0.1) is 0 Å². The van der Waals surface area contributed by atoms with Crippen LogP contribution in [0.5, 0.6) is 0 Å². The maximum atomic E-state index is 6.64. The third kappa shape index (κ3) is 7.12. The normalized spacial score (nSPS) is 12.4. The summed E-state index contributed by atoms with van der Waals surface area (Å²) >= 11 is 0. The summed E-state index contributed by atoms with van der Waals surface area (Å²) < 4.78 is 15.6. The minimum Gasteiger partial charge on any atom is -0.456 e. The summed E-state index contributed by atoms with van der Waals surface area (Å²) in [5.41, 5.74) is 15.7. The smallest absolute Gasteiger partial charge is 0.167 e. The van der Waals surface area contributed by atoms with E-state index < -0.39 is 0 Å². The van der Waals surface area contributed by atoms with Gasteiger partial charge >= 0.3 is 0 Å². The largest absolute Gasteiger partial charge is 0.456 e. The van der Waals surface area contributed by atoms with Gasteiger partial charge in [0.2, 0.25) is 0 Å². The highest BCUT2D eigenvalue weighted by Crippen LogP contribution is 2.46. The number of hydrogen-bond acceptors (Lipinski definition) is 5. The molecule has 0 fully saturated rings. The van der Waals surface area contributed by atoms with Crippen molar-refractivity contribution in [1.29, 1.82) is 0 Å². The van der Waals surface area contributed by atoms with Crippen molar-refractivity contribution in [3.05, 3.63) is 205 Å². The fourth-order valence-corrected chi connectivity index (χ4v) is 10.4. The van der Waals surface area contributed by atoms with Gasteiger partial charge < -0.3 is 13.4 Å². The molecule has 0 aliphatic carbocycles. The van der Waals surface area contributed by atoms with E-state index in [9.17, 15) is 0 Å². The fourth-order valence-electron chi connectivity index (χ4n) is 10.4. The Kier molecular flexibility index (Phi) is 9.56. The second kappa shape index (κ2) is 16.0. The first-order valence-corrected chi connectivity index (χ1v) is 24.4. The zero-order chi connectivity index (χ0) is 48.2. The highest BCUT2D eigenvalue weighted by atomic mass is 16.3. The van der Waals surface area contributed by atoms with Gasteiger partial charge in [0.25, 0.3) is 0 Å². The van der Waals surface area contributed by atoms with Gasteiger partial charge in [0.1, 0.15) is 22.3 Å². The Morgan fingerprint density at radius 2 is 0.831 bits per heavy atom. The van der Waals surface area contributed by atoms with E-state index in [4.69, 9.17) is 23.8 Å². The van der Waals surface area contributed by atoms with Crippen molar-refractivity contribution in [2.24, 2.45) is 0 Å². The van der Waals surface area contributed by atoms with E-state index in [1.807, 2.05) is 48.5 Å². The topological polar surface area (TPSA) is 69.9 Å². The third-order valence-electron chi connectivity index (χ3n) is 14.2. The molecule has 0 bridgehead atoms. The van der Waals surface area contributed by atoms with E-state index in [1.54, 1.807) is 0 Å². The molecule has 0 amide bonds. The van der Waals surface area contributed by atoms with Gasteiger partial charge in [-0.2, -0.15) is 0 Å². The highest BCUT2D eigenvalue weighted by molar-refractivity contribution is 6.12. The Hall–Kier alpha value is -8.61. The number of para-hydroxylation sites is 3. The molecule has 13 rings (SSSR count). The van der Waals surface area contributed by atoms with Crippen molar-refractivity contribution >= 4 is 65.7 Å². The fraction of sp³-hybridized carbons (Fsp3) is 0.123. The van der Waals surface area contributed by atoms with Crippen LogP contribution in [-0.2, 0) is 10.8 Å². The van der Waals surface area contributed by atoms with Crippen LogP contribution in [0.4, 0.5) is 0 Å². The summed E-state index contributed by atoms with van der Waals surface area (Å²) in [6.07, 6.45) is 0. The average Bonchev–Trinajstić information content (AvgIpc) is 4.07. The van der Waals surface area contributed by atoms with Gasteiger partial charge in [-0.3, -0.25) is 0 Å². The standard InChI is InChI=1S/C65H50N4O2/c1-64(2,3)43-29-32-54-52(37-43)53-38-44(65(4,5)6)30-33-55(53)69(54)59-50(39-18-9-7-10-19-39)34-42(35-51(59)40-20-11-8-12-21-40)62-66-61(41-28-31-47-45-22-13-15-26-56(45)70-58(47)36-41)67-63(68-62)49-25-17-24-48-46-23-14-16-27-57(46)71-60(48)49/h7-38H,1-6H3. The number of nitrogens with zero attached hydrogens (tertiary/aromatic N) is 4. The maximum Gasteiger partial charge on any atom is 0.167 e. The monoisotopic (exact) mass is 918 g/mol. The van der Waals surface area contributed by atoms with Gasteiger partial charge in [-0.25, -0.2) is 15.0 Å². The highest BCUT2D eigenvalue weighted by Gasteiger charge is 2.26. The van der Waals surface area contributed by atoms with E-state index >= 15 is 0 Å². The van der Waals surface area contributed by atoms with E-state index in [0.717, 1.165) is 99.5 Å². The first-order valence-electron chi connectivity index (χ1n) is 24.4. The molecule has 71 heavy (non-hydrogen) atoms. The molecule has 13 aromatic rings. The molecule has 0 saturated heterocycles. The number of hydrogen-bond donors (Lipinski definition) is 0. The van der Waals surface area contributed by atoms with E-state index in [2.05, 4.69) is 192 Å². The zero-order valence-electron chi connectivity index (χ0n) is 40.6. The number of fused-ring (bicyclic) bond motifs is 9. The van der Waals surface area contributed by atoms with Crippen LogP contribution in [0.2, 0.25) is 0 Å². The van der Waals surface area contributed by atoms with E-state index in [1.165, 1.54) is 21.9 Å². The third-order valence-corrected chi connectivity index (χ3v) is 14.2. The molecular weight excluding hydrogens is 869 g/mol. The molecule has 0 atom stereocenters. The summed E-state index contributed by atoms with van der Waals surface area (Å²) in [7, 11) is 0. The Balaban J connectivity index is 1.12. The lowest BCUT2D eigenvalue weighted by Gasteiger charge is -2.22. The average molecular weight is 919 g/mol. The van der Waals surface area contributed by atoms with Crippen LogP contribution in [0.15, 0.2) is 203 Å². The predicted molar refractivity (Wildman–Crippen MR) is 293 cm³/mol. The first-order chi connectivity index (χ1) is 34.4. The minimum absolute atomic E-state index is 0.0354. The van der Waals surface area contributed by atoms with Gasteiger partial charge in [-0.1, -0.05) is 169 Å². The molecule has 0 aliphatic heterocycles. The molecular formula is C65H50N4O2. The van der Waals surface area contributed by atoms with Crippen LogP contribution in [0.25, 0.3) is 128 Å². The molecule has 4 heterocycles. The molecule has 0 N–H and O–H groups in total. The molecule has 4 aromatic heterocycles. The van der Waals surface area contributed by atoms with Crippen LogP contribution >= 0.6 is 0 Å². The minimum atomic E-state index is -0.0354. The summed E-state index contributed by atoms with van der Waals surface area (Å²) in [5, 5.41) is 6.61. The molecule has 342 valence electrons. The second-order valence-electron chi connectivity index (χ2n) is 20.8. The molecule has 9 aromatic carbocycles. The summed E-state index contributed by atoms with van der Waals surface area (Å²) in [6.45, 7) is 13.7. The first kappa shape index (κ1) is 42.5. The number of rotatable bonds is 6. The molecule has 6 nitrogen and oxygen atoms in total. The lowest BCUT2D eigenvalue weighted by Crippen LogP contribution is -2.10. The van der Waals surface area contributed by atoms with E-state index in [-0.39, 0.29) is 10.8 Å². The van der Waals surface area contributed by atoms with Crippen LogP contribution < -0.4 is 0 Å². The predicted octanol–water partition coefficient (Wildman–Crippen LogP) is 17.7. The van der Waals surface area contributed by atoms with Crippen LogP contribution in [0.3, 0.4) is 0 Å². The molecule has 6 heteroatoms. The molecule has 0 unspecified atom stereocenters. The van der Waals surface area contributed by atoms with Gasteiger partial charge in [0, 0.05) is 54.6 Å². The summed E-state index contributed by atoms with van der Waals surface area (Å²) in [6, 6.07) is 68.8. The summed E-state index contributed by atoms with van der Waals surface area (Å²) in [4.78, 5) is 16.1. The van der Waals surface area contributed by atoms with Crippen molar-refractivity contribution in [3.63, 3.8) is 0 Å². The molecule has 0 aliphatic rings. The van der Waals surface area contributed by atoms with Gasteiger partial charge in [0.05, 0.1) is 22.3 Å². The van der Waals surface area contributed by atoms with Gasteiger partial charge in [-0.05, 0) is 99.8 Å². The Labute approximate surface area is 411 Å². The van der Waals surface area contributed by atoms with E-state index in [0.29, 0.717) is 17.5 Å². The van der Waals surface area contributed by atoms with Crippen LogP contribution in [-0.4, -0.2) is 19.5 Å². The molecule has 0 saturated carbocycles. The van der Waals surface area contributed by atoms with Crippen molar-refractivity contribution in [1.82, 2.24) is 19.5 Å². The summed E-state index contributed by atoms with van der Waals surface area (Å²) in [5.74, 6) is 1.58. The maximum absolute atomic E-state index is 6.64. The SMILES string of the molecule is CC(C)(C)c1ccc2c(c1)c1cc(C(C)(C)C)ccc1n2-c1c(-c2ccccc2)cc(-c2nc(-c3ccc4c(c3)oc3ccccc34)nc(-c3cccc4c3oc3ccccc34)n2)cc1-c1ccccc1. The van der Waals surface area contributed by atoms with Gasteiger partial charge in [0.15, 0.2) is 17.5 Å². The number of benzene rings is 9. The van der Waals surface area contributed by atoms with Crippen molar-refractivity contribution < 1.29 is 8.83 Å². The molecule has 0 spiro atoms. The van der Waals surface area contributed by atoms with Crippen LogP contribution in [0.1, 0.15) is 52.7 Å². The number of furan rings is 2. The quantitative estimate of drug-likeness (QED) is 0.166. The van der Waals surface area contributed by atoms with Crippen molar-refractivity contribution in [2.75, 3.05) is 0 Å². The molecule has 0 radical (unpaired) electrons. The zero-order valence-corrected chi connectivity index (χ0v) is 40.6. The lowest BCUT2D eigenvalue weighted by atomic mass is 9.85. The number of aromatic nitrogens is 4.